The van der Waals surface area contributed by atoms with Crippen LogP contribution in [0.15, 0.2) is 66.6 Å². The van der Waals surface area contributed by atoms with Crippen LogP contribution in [0.4, 0.5) is 0 Å². The van der Waals surface area contributed by atoms with Gasteiger partial charge in [0.15, 0.2) is 11.6 Å². The van der Waals surface area contributed by atoms with Crippen LogP contribution in [0, 0.1) is 26.8 Å². The Morgan fingerprint density at radius 3 is 2.23 bits per heavy atom. The maximum Gasteiger partial charge on any atom is 0.194 e. The van der Waals surface area contributed by atoms with Crippen molar-refractivity contribution in [2.24, 2.45) is 0 Å². The van der Waals surface area contributed by atoms with Crippen molar-refractivity contribution in [3.05, 3.63) is 100 Å². The number of aryl methyl sites for hydroxylation is 3. The summed E-state index contributed by atoms with van der Waals surface area (Å²) in [5.74, 6) is 0.0504. The molecule has 5 rings (SSSR count). The minimum absolute atomic E-state index is 0. The minimum atomic E-state index is -0.125. The second kappa shape index (κ2) is 10.5. The molecular formula is C30H26IrNO3-. The number of aliphatic hydroxyl groups is 1. The van der Waals surface area contributed by atoms with E-state index in [4.69, 9.17) is 5.11 Å². The van der Waals surface area contributed by atoms with Crippen LogP contribution in [0.2, 0.25) is 0 Å². The number of hydrogen-bond donors (Lipinski definition) is 1. The van der Waals surface area contributed by atoms with E-state index in [0.29, 0.717) is 0 Å². The first kappa shape index (κ1) is 26.2. The van der Waals surface area contributed by atoms with Crippen LogP contribution in [-0.2, 0) is 24.9 Å². The third-order valence-corrected chi connectivity index (χ3v) is 5.69. The van der Waals surface area contributed by atoms with Crippen molar-refractivity contribution < 1.29 is 34.8 Å². The number of pyridine rings is 1. The largest absolute Gasteiger partial charge is 0.512 e. The van der Waals surface area contributed by atoms with Gasteiger partial charge in [-0.15, -0.1) is 34.9 Å². The standard InChI is InChI=1S/C25H18NO.C5H8O2.Ir/c1-14-4-5-18-22(13-14)25(27)21-7-6-20-19(23(18)21)8-9-26-24(20)17-11-15(2)10-16(3)12-17;1-4(6)3-5(2)7;/h4-11,13H,1-3H3;3,6H,1-2H3;/q-1;;/b;4-3-;. The Hall–Kier alpha value is -3.40. The third kappa shape index (κ3) is 5.32. The predicted molar refractivity (Wildman–Crippen MR) is 136 cm³/mol. The molecule has 179 valence electrons. The minimum Gasteiger partial charge on any atom is -0.512 e. The summed E-state index contributed by atoms with van der Waals surface area (Å²) in [6.45, 7) is 9.01. The molecule has 1 aliphatic rings. The zero-order chi connectivity index (χ0) is 24.6. The Labute approximate surface area is 219 Å². The first-order chi connectivity index (χ1) is 16.2. The van der Waals surface area contributed by atoms with E-state index in [-0.39, 0.29) is 37.4 Å². The van der Waals surface area contributed by atoms with Crippen LogP contribution in [0.5, 0.6) is 0 Å². The van der Waals surface area contributed by atoms with E-state index in [1.807, 2.05) is 37.4 Å². The van der Waals surface area contributed by atoms with E-state index in [1.54, 1.807) is 0 Å². The van der Waals surface area contributed by atoms with Crippen molar-refractivity contribution in [1.29, 1.82) is 0 Å². The molecule has 1 radical (unpaired) electrons. The van der Waals surface area contributed by atoms with Crippen molar-refractivity contribution in [3.63, 3.8) is 0 Å². The molecule has 35 heavy (non-hydrogen) atoms. The fourth-order valence-electron chi connectivity index (χ4n) is 4.48. The smallest absolute Gasteiger partial charge is 0.194 e. The number of carbonyl (C=O) groups is 2. The molecule has 0 aliphatic heterocycles. The fourth-order valence-corrected chi connectivity index (χ4v) is 4.48. The van der Waals surface area contributed by atoms with E-state index >= 15 is 0 Å². The van der Waals surface area contributed by atoms with Gasteiger partial charge in [0, 0.05) is 49.1 Å². The molecule has 0 saturated heterocycles. The van der Waals surface area contributed by atoms with Crippen LogP contribution < -0.4 is 0 Å². The van der Waals surface area contributed by atoms with E-state index in [0.717, 1.165) is 55.4 Å². The molecule has 1 N–H and O–H groups in total. The summed E-state index contributed by atoms with van der Waals surface area (Å²) in [6, 6.07) is 19.8. The van der Waals surface area contributed by atoms with Gasteiger partial charge in [0.25, 0.3) is 0 Å². The molecule has 4 aromatic rings. The molecule has 0 bridgehead atoms. The van der Waals surface area contributed by atoms with Crippen molar-refractivity contribution in [2.45, 2.75) is 34.6 Å². The number of benzene rings is 3. The van der Waals surface area contributed by atoms with E-state index in [2.05, 4.69) is 49.2 Å². The molecule has 1 aromatic heterocycles. The third-order valence-electron chi connectivity index (χ3n) is 5.69. The van der Waals surface area contributed by atoms with E-state index < -0.39 is 0 Å². The van der Waals surface area contributed by atoms with Crippen molar-refractivity contribution in [1.82, 2.24) is 4.98 Å². The van der Waals surface area contributed by atoms with Crippen LogP contribution in [0.1, 0.15) is 46.5 Å². The maximum absolute atomic E-state index is 12.9. The van der Waals surface area contributed by atoms with E-state index in [1.165, 1.54) is 25.5 Å². The molecule has 0 saturated carbocycles. The number of ketones is 2. The van der Waals surface area contributed by atoms with Crippen LogP contribution in [0.3, 0.4) is 0 Å². The van der Waals surface area contributed by atoms with Crippen LogP contribution in [0.25, 0.3) is 33.2 Å². The van der Waals surface area contributed by atoms with Crippen molar-refractivity contribution in [2.75, 3.05) is 0 Å². The predicted octanol–water partition coefficient (Wildman–Crippen LogP) is 6.87. The summed E-state index contributed by atoms with van der Waals surface area (Å²) >= 11 is 0. The average molecular weight is 641 g/mol. The fraction of sp³-hybridized carbons (Fsp3) is 0.167. The van der Waals surface area contributed by atoms with Gasteiger partial charge in [-0.05, 0) is 54.9 Å². The van der Waals surface area contributed by atoms with Gasteiger partial charge in [-0.25, -0.2) is 0 Å². The summed E-state index contributed by atoms with van der Waals surface area (Å²) in [6.07, 6.45) is 3.00. The maximum atomic E-state index is 12.9. The van der Waals surface area contributed by atoms with Gasteiger partial charge in [-0.1, -0.05) is 43.7 Å². The normalized spacial score (nSPS) is 11.8. The summed E-state index contributed by atoms with van der Waals surface area (Å²) in [4.78, 5) is 27.6. The number of carbonyl (C=O) groups excluding carboxylic acids is 2. The topological polar surface area (TPSA) is 67.3 Å². The van der Waals surface area contributed by atoms with Gasteiger partial charge in [0.2, 0.25) is 0 Å². The van der Waals surface area contributed by atoms with Crippen molar-refractivity contribution >= 4 is 22.3 Å². The van der Waals surface area contributed by atoms with Gasteiger partial charge in [-0.3, -0.25) is 9.59 Å². The summed E-state index contributed by atoms with van der Waals surface area (Å²) in [5.41, 5.74) is 8.93. The second-order valence-electron chi connectivity index (χ2n) is 8.77. The van der Waals surface area contributed by atoms with Gasteiger partial charge < -0.3 is 10.1 Å². The van der Waals surface area contributed by atoms with Crippen LogP contribution in [-0.4, -0.2) is 21.7 Å². The van der Waals surface area contributed by atoms with Gasteiger partial charge in [-0.2, -0.15) is 0 Å². The Bertz CT molecular complexity index is 1480. The number of rotatable bonds is 2. The number of aromatic nitrogens is 1. The second-order valence-corrected chi connectivity index (χ2v) is 8.77. The zero-order valence-electron chi connectivity index (χ0n) is 20.3. The SMILES string of the molecule is CC(=O)/C=C(/C)O.Cc1[c-]c(-c2nccc3c4c(ccc23)C(=O)c2cc(C)ccc2-4)cc(C)c1.[Ir]. The number of hydrogen-bond acceptors (Lipinski definition) is 4. The molecule has 0 amide bonds. The summed E-state index contributed by atoms with van der Waals surface area (Å²) < 4.78 is 0. The Balaban J connectivity index is 0.000000378. The molecule has 5 heteroatoms. The molecule has 1 aliphatic carbocycles. The molecule has 1 heterocycles. The Kier molecular flexibility index (Phi) is 7.84. The van der Waals surface area contributed by atoms with E-state index in [9.17, 15) is 9.59 Å². The Morgan fingerprint density at radius 2 is 1.60 bits per heavy atom. The molecule has 0 spiro atoms. The number of allylic oxidation sites excluding steroid dienone is 2. The summed E-state index contributed by atoms with van der Waals surface area (Å²) in [5, 5.41) is 10.5. The zero-order valence-corrected chi connectivity index (χ0v) is 22.7. The molecule has 3 aromatic carbocycles. The summed E-state index contributed by atoms with van der Waals surface area (Å²) in [7, 11) is 0. The number of nitrogens with zero attached hydrogens (tertiary/aromatic N) is 1. The van der Waals surface area contributed by atoms with Gasteiger partial charge in [0.05, 0.1) is 5.76 Å². The molecular weight excluding hydrogens is 615 g/mol. The van der Waals surface area contributed by atoms with Crippen molar-refractivity contribution in [3.8, 4) is 22.4 Å². The molecule has 0 fully saturated rings. The molecule has 0 unspecified atom stereocenters. The Morgan fingerprint density at radius 1 is 0.886 bits per heavy atom. The van der Waals surface area contributed by atoms with Gasteiger partial charge >= 0.3 is 0 Å². The quantitative estimate of drug-likeness (QED) is 0.130. The average Bonchev–Trinajstić information content (AvgIpc) is 3.04. The first-order valence-corrected chi connectivity index (χ1v) is 11.1. The van der Waals surface area contributed by atoms with Gasteiger partial charge in [0.1, 0.15) is 0 Å². The molecule has 0 atom stereocenters. The first-order valence-electron chi connectivity index (χ1n) is 11.1. The monoisotopic (exact) mass is 641 g/mol. The number of fused-ring (bicyclic) bond motifs is 5. The number of aliphatic hydroxyl groups excluding tert-OH is 1. The molecule has 4 nitrogen and oxygen atoms in total. The van der Waals surface area contributed by atoms with Crippen LogP contribution >= 0.6 is 0 Å².